The minimum Gasteiger partial charge on any atom is -0.453 e. The van der Waals surface area contributed by atoms with Crippen LogP contribution in [0.25, 0.3) is 0 Å². The van der Waals surface area contributed by atoms with Gasteiger partial charge < -0.3 is 9.64 Å². The second kappa shape index (κ2) is 6.60. The molecule has 0 aliphatic carbocycles. The first kappa shape index (κ1) is 16.4. The molecule has 2 amide bonds. The summed E-state index contributed by atoms with van der Waals surface area (Å²) in [5, 5.41) is 7.59. The third kappa shape index (κ3) is 3.12. The second-order valence-electron chi connectivity index (χ2n) is 5.47. The maximum Gasteiger partial charge on any atom is 0.409 e. The van der Waals surface area contributed by atoms with Crippen molar-refractivity contribution < 1.29 is 14.3 Å². The summed E-state index contributed by atoms with van der Waals surface area (Å²) in [7, 11) is 1.37. The quantitative estimate of drug-likeness (QED) is 0.916. The Kier molecular flexibility index (Phi) is 4.52. The van der Waals surface area contributed by atoms with Gasteiger partial charge in [-0.05, 0) is 19.9 Å². The molecule has 1 aliphatic rings. The first-order chi connectivity index (χ1) is 11.5. The minimum absolute atomic E-state index is 0.277. The molecule has 0 fully saturated rings. The highest BCUT2D eigenvalue weighted by molar-refractivity contribution is 7.15. The van der Waals surface area contributed by atoms with Crippen molar-refractivity contribution in [1.82, 2.24) is 19.7 Å². The first-order valence-corrected chi connectivity index (χ1v) is 8.50. The number of nitrogens with one attached hydrogen (secondary N) is 1. The normalized spacial score (nSPS) is 13.5. The lowest BCUT2D eigenvalue weighted by atomic mass is 10.2. The fourth-order valence-electron chi connectivity index (χ4n) is 2.64. The van der Waals surface area contributed by atoms with E-state index < -0.39 is 0 Å². The fraction of sp³-hybridized carbons (Fsp3) is 0.467. The summed E-state index contributed by atoms with van der Waals surface area (Å²) in [5.74, 6) is -0.277. The van der Waals surface area contributed by atoms with E-state index in [1.54, 1.807) is 15.6 Å². The topological polar surface area (TPSA) is 89.4 Å². The summed E-state index contributed by atoms with van der Waals surface area (Å²) in [4.78, 5) is 31.0. The van der Waals surface area contributed by atoms with Crippen LogP contribution in [-0.4, -0.2) is 45.3 Å². The van der Waals surface area contributed by atoms with Gasteiger partial charge in [0, 0.05) is 30.1 Å². The number of aromatic nitrogens is 3. The smallest absolute Gasteiger partial charge is 0.409 e. The largest absolute Gasteiger partial charge is 0.453 e. The van der Waals surface area contributed by atoms with Crippen molar-refractivity contribution in [3.8, 4) is 0 Å². The van der Waals surface area contributed by atoms with E-state index in [-0.39, 0.29) is 12.0 Å². The van der Waals surface area contributed by atoms with Crippen molar-refractivity contribution in [2.45, 2.75) is 33.4 Å². The van der Waals surface area contributed by atoms with Crippen LogP contribution in [0.5, 0.6) is 0 Å². The fourth-order valence-corrected chi connectivity index (χ4v) is 3.66. The third-order valence-electron chi connectivity index (χ3n) is 3.90. The average Bonchev–Trinajstić information content (AvgIpc) is 3.15. The van der Waals surface area contributed by atoms with Crippen molar-refractivity contribution in [2.24, 2.45) is 0 Å². The molecule has 0 unspecified atom stereocenters. The number of rotatable bonds is 3. The van der Waals surface area contributed by atoms with Gasteiger partial charge in [0.1, 0.15) is 0 Å². The van der Waals surface area contributed by atoms with E-state index in [4.69, 9.17) is 4.74 Å². The Balaban J connectivity index is 1.72. The standard InChI is InChI=1S/C15H19N5O3S/c1-4-20-9(2)7-11(18-20)13(21)17-14-16-10-5-6-19(15(22)23-3)8-12(10)24-14/h7H,4-6,8H2,1-3H3,(H,16,17,21). The van der Waals surface area contributed by atoms with Gasteiger partial charge in [-0.3, -0.25) is 14.8 Å². The monoisotopic (exact) mass is 349 g/mol. The van der Waals surface area contributed by atoms with Gasteiger partial charge in [-0.1, -0.05) is 11.3 Å². The van der Waals surface area contributed by atoms with Crippen LogP contribution in [0.1, 0.15) is 33.7 Å². The lowest BCUT2D eigenvalue weighted by molar-refractivity contribution is 0.102. The van der Waals surface area contributed by atoms with Crippen molar-refractivity contribution in [2.75, 3.05) is 19.0 Å². The number of hydrogen-bond acceptors (Lipinski definition) is 6. The number of thiazole rings is 1. The van der Waals surface area contributed by atoms with Gasteiger partial charge in [0.25, 0.3) is 5.91 Å². The number of ether oxygens (including phenoxy) is 1. The summed E-state index contributed by atoms with van der Waals surface area (Å²) in [6.45, 7) is 5.63. The molecule has 9 heteroatoms. The second-order valence-corrected chi connectivity index (χ2v) is 6.55. The summed E-state index contributed by atoms with van der Waals surface area (Å²) in [6, 6.07) is 1.76. The van der Waals surface area contributed by atoms with Gasteiger partial charge >= 0.3 is 6.09 Å². The summed E-state index contributed by atoms with van der Waals surface area (Å²) in [5.41, 5.74) is 2.24. The van der Waals surface area contributed by atoms with Crippen molar-refractivity contribution >= 4 is 28.5 Å². The lowest BCUT2D eigenvalue weighted by Crippen LogP contribution is -2.35. The number of methoxy groups -OCH3 is 1. The molecule has 2 aromatic rings. The molecule has 0 spiro atoms. The van der Waals surface area contributed by atoms with E-state index in [2.05, 4.69) is 15.4 Å². The molecule has 1 aliphatic heterocycles. The van der Waals surface area contributed by atoms with Gasteiger partial charge in [0.2, 0.25) is 0 Å². The number of anilines is 1. The average molecular weight is 349 g/mol. The van der Waals surface area contributed by atoms with Crippen LogP contribution in [-0.2, 0) is 24.2 Å². The van der Waals surface area contributed by atoms with E-state index in [1.165, 1.54) is 18.4 Å². The Bertz CT molecular complexity index is 782. The molecule has 128 valence electrons. The van der Waals surface area contributed by atoms with Crippen LogP contribution < -0.4 is 5.32 Å². The van der Waals surface area contributed by atoms with Crippen LogP contribution in [0, 0.1) is 6.92 Å². The van der Waals surface area contributed by atoms with E-state index in [0.29, 0.717) is 36.9 Å². The molecule has 0 atom stereocenters. The highest BCUT2D eigenvalue weighted by Gasteiger charge is 2.25. The number of carbonyl (C=O) groups is 2. The van der Waals surface area contributed by atoms with Crippen LogP contribution in [0.15, 0.2) is 6.07 Å². The Hall–Kier alpha value is -2.42. The molecule has 0 radical (unpaired) electrons. The van der Waals surface area contributed by atoms with E-state index >= 15 is 0 Å². The molecule has 3 heterocycles. The van der Waals surface area contributed by atoms with Crippen molar-refractivity contribution in [1.29, 1.82) is 0 Å². The predicted octanol–water partition coefficient (Wildman–Crippen LogP) is 2.04. The van der Waals surface area contributed by atoms with Crippen LogP contribution in [0.4, 0.5) is 9.93 Å². The van der Waals surface area contributed by atoms with Gasteiger partial charge in [0.15, 0.2) is 10.8 Å². The first-order valence-electron chi connectivity index (χ1n) is 7.69. The molecule has 0 aromatic carbocycles. The summed E-state index contributed by atoms with van der Waals surface area (Å²) < 4.78 is 6.52. The molecular weight excluding hydrogens is 330 g/mol. The van der Waals surface area contributed by atoms with Crippen LogP contribution in [0.3, 0.4) is 0 Å². The Morgan fingerprint density at radius 1 is 1.46 bits per heavy atom. The maximum absolute atomic E-state index is 12.3. The van der Waals surface area contributed by atoms with Crippen LogP contribution >= 0.6 is 11.3 Å². The third-order valence-corrected chi connectivity index (χ3v) is 4.90. The molecule has 24 heavy (non-hydrogen) atoms. The molecule has 1 N–H and O–H groups in total. The molecule has 0 saturated carbocycles. The zero-order chi connectivity index (χ0) is 17.3. The van der Waals surface area contributed by atoms with Gasteiger partial charge in [-0.2, -0.15) is 5.10 Å². The number of hydrogen-bond donors (Lipinski definition) is 1. The molecule has 2 aromatic heterocycles. The SMILES string of the molecule is CCn1nc(C(=O)Nc2nc3c(s2)CN(C(=O)OC)CC3)cc1C. The lowest BCUT2D eigenvalue weighted by Gasteiger charge is -2.24. The molecule has 0 bridgehead atoms. The van der Waals surface area contributed by atoms with Gasteiger partial charge in [0.05, 0.1) is 19.3 Å². The predicted molar refractivity (Wildman–Crippen MR) is 89.2 cm³/mol. The van der Waals surface area contributed by atoms with Crippen LogP contribution in [0.2, 0.25) is 0 Å². The van der Waals surface area contributed by atoms with E-state index in [9.17, 15) is 9.59 Å². The Morgan fingerprint density at radius 2 is 2.25 bits per heavy atom. The molecule has 3 rings (SSSR count). The highest BCUT2D eigenvalue weighted by atomic mass is 32.1. The van der Waals surface area contributed by atoms with Gasteiger partial charge in [-0.15, -0.1) is 0 Å². The molecule has 0 saturated heterocycles. The Labute approximate surface area is 143 Å². The highest BCUT2D eigenvalue weighted by Crippen LogP contribution is 2.28. The number of carbonyl (C=O) groups excluding carboxylic acids is 2. The van der Waals surface area contributed by atoms with E-state index in [0.717, 1.165) is 16.3 Å². The van der Waals surface area contributed by atoms with Crippen molar-refractivity contribution in [3.05, 3.63) is 28.0 Å². The molecule has 8 nitrogen and oxygen atoms in total. The van der Waals surface area contributed by atoms with E-state index in [1.807, 2.05) is 13.8 Å². The minimum atomic E-state index is -0.347. The van der Waals surface area contributed by atoms with Gasteiger partial charge in [-0.25, -0.2) is 9.78 Å². The number of amides is 2. The summed E-state index contributed by atoms with van der Waals surface area (Å²) in [6.07, 6.45) is 0.306. The summed E-state index contributed by atoms with van der Waals surface area (Å²) >= 11 is 1.38. The number of nitrogens with zero attached hydrogens (tertiary/aromatic N) is 4. The van der Waals surface area contributed by atoms with Crippen molar-refractivity contribution in [3.63, 3.8) is 0 Å². The zero-order valence-electron chi connectivity index (χ0n) is 13.8. The maximum atomic E-state index is 12.3. The number of fused-ring (bicyclic) bond motifs is 1. The zero-order valence-corrected chi connectivity index (χ0v) is 14.6. The molecular formula is C15H19N5O3S. The number of aryl methyl sites for hydroxylation is 2. The Morgan fingerprint density at radius 3 is 2.92 bits per heavy atom.